The molecule has 0 spiro atoms. The van der Waals surface area contributed by atoms with Gasteiger partial charge >= 0.3 is 0 Å². The molecule has 0 atom stereocenters. The Balaban J connectivity index is 1.87. The van der Waals surface area contributed by atoms with Crippen LogP contribution in [0.4, 0.5) is 0 Å². The van der Waals surface area contributed by atoms with Gasteiger partial charge in [-0.15, -0.1) is 0 Å². The highest BCUT2D eigenvalue weighted by atomic mass is 35.5. The maximum atomic E-state index is 8.83. The first-order valence-corrected chi connectivity index (χ1v) is 6.70. The summed E-state index contributed by atoms with van der Waals surface area (Å²) in [6.45, 7) is 0.734. The SMILES string of the molecule is COc1cc(C#N)ccc1OCCOc1cccc(Cl)c1. The molecule has 0 saturated heterocycles. The molecule has 0 aliphatic heterocycles. The Kier molecular flexibility index (Phi) is 5.30. The van der Waals surface area contributed by atoms with E-state index in [1.807, 2.05) is 12.1 Å². The number of ether oxygens (including phenoxy) is 3. The lowest BCUT2D eigenvalue weighted by Crippen LogP contribution is -2.09. The molecule has 0 radical (unpaired) electrons. The van der Waals surface area contributed by atoms with E-state index in [2.05, 4.69) is 6.07 Å². The number of methoxy groups -OCH3 is 1. The summed E-state index contributed by atoms with van der Waals surface area (Å²) >= 11 is 5.87. The highest BCUT2D eigenvalue weighted by Gasteiger charge is 2.05. The van der Waals surface area contributed by atoms with E-state index in [0.29, 0.717) is 41.0 Å². The third-order valence-corrected chi connectivity index (χ3v) is 2.93. The van der Waals surface area contributed by atoms with Crippen LogP contribution in [0.15, 0.2) is 42.5 Å². The lowest BCUT2D eigenvalue weighted by atomic mass is 10.2. The van der Waals surface area contributed by atoms with Crippen molar-refractivity contribution >= 4 is 11.6 Å². The second kappa shape index (κ2) is 7.41. The van der Waals surface area contributed by atoms with Crippen LogP contribution in [0.25, 0.3) is 0 Å². The van der Waals surface area contributed by atoms with Gasteiger partial charge in [-0.1, -0.05) is 17.7 Å². The van der Waals surface area contributed by atoms with Crippen molar-refractivity contribution in [3.8, 4) is 23.3 Å². The molecule has 0 saturated carbocycles. The topological polar surface area (TPSA) is 51.5 Å². The number of rotatable bonds is 6. The Hall–Kier alpha value is -2.38. The van der Waals surface area contributed by atoms with Gasteiger partial charge in [0, 0.05) is 11.1 Å². The van der Waals surface area contributed by atoms with E-state index >= 15 is 0 Å². The maximum absolute atomic E-state index is 8.83. The first-order valence-electron chi connectivity index (χ1n) is 6.32. The Morgan fingerprint density at radius 2 is 1.86 bits per heavy atom. The van der Waals surface area contributed by atoms with Crippen molar-refractivity contribution in [2.75, 3.05) is 20.3 Å². The van der Waals surface area contributed by atoms with Crippen LogP contribution in [-0.4, -0.2) is 20.3 Å². The Morgan fingerprint density at radius 1 is 1.05 bits per heavy atom. The van der Waals surface area contributed by atoms with Crippen LogP contribution < -0.4 is 14.2 Å². The first kappa shape index (κ1) is 15.0. The number of halogens is 1. The van der Waals surface area contributed by atoms with Gasteiger partial charge in [0.2, 0.25) is 0 Å². The zero-order valence-electron chi connectivity index (χ0n) is 11.5. The van der Waals surface area contributed by atoms with Crippen LogP contribution >= 0.6 is 11.6 Å². The summed E-state index contributed by atoms with van der Waals surface area (Å²) in [5.74, 6) is 1.79. The van der Waals surface area contributed by atoms with Crippen molar-refractivity contribution in [2.24, 2.45) is 0 Å². The highest BCUT2D eigenvalue weighted by Crippen LogP contribution is 2.27. The van der Waals surface area contributed by atoms with Crippen molar-refractivity contribution in [1.29, 1.82) is 5.26 Å². The summed E-state index contributed by atoms with van der Waals surface area (Å²) in [6, 6.07) is 14.2. The van der Waals surface area contributed by atoms with Crippen LogP contribution in [0.3, 0.4) is 0 Å². The van der Waals surface area contributed by atoms with Gasteiger partial charge in [-0.05, 0) is 30.3 Å². The van der Waals surface area contributed by atoms with Crippen molar-refractivity contribution in [2.45, 2.75) is 0 Å². The monoisotopic (exact) mass is 303 g/mol. The van der Waals surface area contributed by atoms with Crippen molar-refractivity contribution in [1.82, 2.24) is 0 Å². The van der Waals surface area contributed by atoms with Crippen molar-refractivity contribution in [3.63, 3.8) is 0 Å². The van der Waals surface area contributed by atoms with Crippen LogP contribution in [0.2, 0.25) is 5.02 Å². The first-order chi connectivity index (χ1) is 10.2. The van der Waals surface area contributed by atoms with E-state index in [1.165, 1.54) is 7.11 Å². The summed E-state index contributed by atoms with van der Waals surface area (Å²) in [4.78, 5) is 0. The standard InChI is InChI=1S/C16H14ClNO3/c1-19-16-9-12(11-18)5-6-15(16)21-8-7-20-14-4-2-3-13(17)10-14/h2-6,9-10H,7-8H2,1H3. The molecule has 21 heavy (non-hydrogen) atoms. The number of benzene rings is 2. The molecule has 5 heteroatoms. The van der Waals surface area contributed by atoms with E-state index in [4.69, 9.17) is 31.1 Å². The molecule has 0 unspecified atom stereocenters. The third-order valence-electron chi connectivity index (χ3n) is 2.70. The predicted molar refractivity (Wildman–Crippen MR) is 80.2 cm³/mol. The van der Waals surface area contributed by atoms with Gasteiger partial charge in [0.25, 0.3) is 0 Å². The minimum atomic E-state index is 0.356. The normalized spacial score (nSPS) is 9.76. The fourth-order valence-corrected chi connectivity index (χ4v) is 1.90. The molecule has 4 nitrogen and oxygen atoms in total. The van der Waals surface area contributed by atoms with Gasteiger partial charge in [0.05, 0.1) is 18.7 Å². The lowest BCUT2D eigenvalue weighted by Gasteiger charge is -2.11. The molecule has 0 N–H and O–H groups in total. The predicted octanol–water partition coefficient (Wildman–Crippen LogP) is 3.68. The number of nitrogens with zero attached hydrogens (tertiary/aromatic N) is 1. The molecular formula is C16H14ClNO3. The van der Waals surface area contributed by atoms with Gasteiger partial charge < -0.3 is 14.2 Å². The summed E-state index contributed by atoms with van der Waals surface area (Å²) in [7, 11) is 1.53. The molecule has 108 valence electrons. The van der Waals surface area contributed by atoms with Crippen LogP contribution in [0.1, 0.15) is 5.56 Å². The zero-order valence-corrected chi connectivity index (χ0v) is 12.3. The van der Waals surface area contributed by atoms with E-state index in [9.17, 15) is 0 Å². The van der Waals surface area contributed by atoms with E-state index in [1.54, 1.807) is 30.3 Å². The molecule has 0 aliphatic carbocycles. The number of hydrogen-bond acceptors (Lipinski definition) is 4. The molecule has 0 fully saturated rings. The second-order valence-corrected chi connectivity index (χ2v) is 4.57. The Labute approximate surface area is 128 Å². The van der Waals surface area contributed by atoms with Gasteiger partial charge in [0.1, 0.15) is 19.0 Å². The van der Waals surface area contributed by atoms with E-state index < -0.39 is 0 Å². The zero-order chi connectivity index (χ0) is 15.1. The summed E-state index contributed by atoms with van der Waals surface area (Å²) in [5, 5.41) is 9.46. The van der Waals surface area contributed by atoms with Gasteiger partial charge in [0.15, 0.2) is 11.5 Å². The van der Waals surface area contributed by atoms with Gasteiger partial charge in [-0.2, -0.15) is 5.26 Å². The fraction of sp³-hybridized carbons (Fsp3) is 0.188. The van der Waals surface area contributed by atoms with Crippen LogP contribution in [0.5, 0.6) is 17.2 Å². The summed E-state index contributed by atoms with van der Waals surface area (Å²) in [5.41, 5.74) is 0.523. The minimum absolute atomic E-state index is 0.356. The van der Waals surface area contributed by atoms with Crippen LogP contribution in [0, 0.1) is 11.3 Å². The molecule has 0 bridgehead atoms. The molecule has 0 aliphatic rings. The van der Waals surface area contributed by atoms with Crippen molar-refractivity contribution < 1.29 is 14.2 Å². The third kappa shape index (κ3) is 4.30. The lowest BCUT2D eigenvalue weighted by molar-refractivity contribution is 0.211. The van der Waals surface area contributed by atoms with Crippen LogP contribution in [-0.2, 0) is 0 Å². The summed E-state index contributed by atoms with van der Waals surface area (Å²) in [6.07, 6.45) is 0. The average molecular weight is 304 g/mol. The maximum Gasteiger partial charge on any atom is 0.162 e. The Bertz CT molecular complexity index is 652. The molecule has 0 amide bonds. The molecular weight excluding hydrogens is 290 g/mol. The quantitative estimate of drug-likeness (QED) is 0.764. The largest absolute Gasteiger partial charge is 0.493 e. The van der Waals surface area contributed by atoms with Gasteiger partial charge in [-0.3, -0.25) is 0 Å². The Morgan fingerprint density at radius 3 is 2.57 bits per heavy atom. The molecule has 2 rings (SSSR count). The highest BCUT2D eigenvalue weighted by molar-refractivity contribution is 6.30. The number of nitriles is 1. The minimum Gasteiger partial charge on any atom is -0.493 e. The fourth-order valence-electron chi connectivity index (χ4n) is 1.72. The molecule has 2 aromatic rings. The molecule has 0 heterocycles. The second-order valence-electron chi connectivity index (χ2n) is 4.13. The number of hydrogen-bond donors (Lipinski definition) is 0. The van der Waals surface area contributed by atoms with Crippen molar-refractivity contribution in [3.05, 3.63) is 53.1 Å². The summed E-state index contributed by atoms with van der Waals surface area (Å²) < 4.78 is 16.3. The molecule has 2 aromatic carbocycles. The average Bonchev–Trinajstić information content (AvgIpc) is 2.51. The van der Waals surface area contributed by atoms with E-state index in [-0.39, 0.29) is 0 Å². The smallest absolute Gasteiger partial charge is 0.162 e. The molecule has 0 aromatic heterocycles. The van der Waals surface area contributed by atoms with Gasteiger partial charge in [-0.25, -0.2) is 0 Å². The van der Waals surface area contributed by atoms with E-state index in [0.717, 1.165) is 0 Å².